The van der Waals surface area contributed by atoms with Gasteiger partial charge in [0.15, 0.2) is 5.96 Å². The molecular formula is C16H25IN6S. The molecule has 2 N–H and O–H groups in total. The van der Waals surface area contributed by atoms with E-state index in [4.69, 9.17) is 0 Å². The average molecular weight is 460 g/mol. The zero-order valence-electron chi connectivity index (χ0n) is 14.1. The fraction of sp³-hybridized carbons (Fsp3) is 0.562. The van der Waals surface area contributed by atoms with Gasteiger partial charge in [0.1, 0.15) is 12.2 Å². The molecule has 0 aromatic carbocycles. The highest BCUT2D eigenvalue weighted by Gasteiger charge is 2.24. The minimum absolute atomic E-state index is 0. The van der Waals surface area contributed by atoms with Crippen molar-refractivity contribution in [2.24, 2.45) is 4.99 Å². The molecule has 0 spiro atoms. The maximum Gasteiger partial charge on any atom is 0.193 e. The number of halogens is 1. The Kier molecular flexibility index (Phi) is 7.47. The quantitative estimate of drug-likeness (QED) is 0.418. The summed E-state index contributed by atoms with van der Waals surface area (Å²) in [5.41, 5.74) is 1.39. The number of H-pyrrole nitrogens is 1. The molecule has 0 saturated carbocycles. The number of piperidine rings is 1. The van der Waals surface area contributed by atoms with Gasteiger partial charge < -0.3 is 10.2 Å². The number of rotatable bonds is 4. The number of thiophene rings is 1. The van der Waals surface area contributed by atoms with Crippen molar-refractivity contribution in [1.82, 2.24) is 25.4 Å². The number of hydrogen-bond donors (Lipinski definition) is 2. The molecule has 0 bridgehead atoms. The van der Waals surface area contributed by atoms with E-state index in [-0.39, 0.29) is 24.0 Å². The lowest BCUT2D eigenvalue weighted by atomic mass is 9.96. The summed E-state index contributed by atoms with van der Waals surface area (Å²) in [4.78, 5) is 11.1. The Hall–Kier alpha value is -1.16. The van der Waals surface area contributed by atoms with Crippen LogP contribution in [0.5, 0.6) is 0 Å². The van der Waals surface area contributed by atoms with Crippen molar-refractivity contribution in [2.75, 3.05) is 26.7 Å². The second-order valence-electron chi connectivity index (χ2n) is 6.02. The monoisotopic (exact) mass is 460 g/mol. The number of nitrogens with one attached hydrogen (secondary N) is 2. The summed E-state index contributed by atoms with van der Waals surface area (Å²) in [6.07, 6.45) is 3.75. The van der Waals surface area contributed by atoms with Crippen molar-refractivity contribution in [3.05, 3.63) is 34.5 Å². The van der Waals surface area contributed by atoms with Crippen molar-refractivity contribution in [3.8, 4) is 0 Å². The standard InChI is InChI=1S/C16H24N6S.HI/c1-12(14-5-8-23-10-14)9-18-16(17-2)22-6-3-13(4-7-22)15-19-11-20-21-15;/h5,8,10-13H,3-4,6-7,9H2,1-2H3,(H,17,18)(H,19,20,21);1H. The molecule has 1 fully saturated rings. The lowest BCUT2D eigenvalue weighted by Crippen LogP contribution is -2.46. The number of aliphatic imine (C=N–C) groups is 1. The Balaban J connectivity index is 0.00000208. The molecule has 0 aliphatic carbocycles. The molecule has 0 amide bonds. The zero-order valence-corrected chi connectivity index (χ0v) is 17.3. The Morgan fingerprint density at radius 1 is 1.50 bits per heavy atom. The van der Waals surface area contributed by atoms with E-state index < -0.39 is 0 Å². The summed E-state index contributed by atoms with van der Waals surface area (Å²) in [5.74, 6) is 2.99. The van der Waals surface area contributed by atoms with Crippen LogP contribution in [0.2, 0.25) is 0 Å². The van der Waals surface area contributed by atoms with Crippen LogP contribution in [0.1, 0.15) is 43.0 Å². The minimum Gasteiger partial charge on any atom is -0.356 e. The molecule has 132 valence electrons. The van der Waals surface area contributed by atoms with Crippen LogP contribution in [0.15, 0.2) is 28.1 Å². The Labute approximate surface area is 164 Å². The second kappa shape index (κ2) is 9.36. The van der Waals surface area contributed by atoms with Crippen molar-refractivity contribution in [3.63, 3.8) is 0 Å². The van der Waals surface area contributed by atoms with E-state index in [1.165, 1.54) is 5.56 Å². The number of hydrogen-bond acceptors (Lipinski definition) is 4. The molecule has 1 unspecified atom stereocenters. The number of aromatic nitrogens is 3. The minimum atomic E-state index is 0. The predicted octanol–water partition coefficient (Wildman–Crippen LogP) is 3.04. The molecule has 1 aliphatic heterocycles. The summed E-state index contributed by atoms with van der Waals surface area (Å²) in [7, 11) is 1.86. The van der Waals surface area contributed by atoms with Crippen LogP contribution in [0.25, 0.3) is 0 Å². The van der Waals surface area contributed by atoms with Gasteiger partial charge >= 0.3 is 0 Å². The summed E-state index contributed by atoms with van der Waals surface area (Å²) < 4.78 is 0. The van der Waals surface area contributed by atoms with Crippen molar-refractivity contribution in [1.29, 1.82) is 0 Å². The number of nitrogens with zero attached hydrogens (tertiary/aromatic N) is 4. The molecule has 24 heavy (non-hydrogen) atoms. The highest BCUT2D eigenvalue weighted by atomic mass is 127. The van der Waals surface area contributed by atoms with Crippen LogP contribution >= 0.6 is 35.3 Å². The van der Waals surface area contributed by atoms with Gasteiger partial charge in [-0.2, -0.15) is 16.4 Å². The van der Waals surface area contributed by atoms with Gasteiger partial charge in [-0.1, -0.05) is 6.92 Å². The molecule has 0 radical (unpaired) electrons. The number of likely N-dealkylation sites (tertiary alicyclic amines) is 1. The summed E-state index contributed by atoms with van der Waals surface area (Å²) in [5, 5.41) is 14.8. The molecular weight excluding hydrogens is 435 g/mol. The molecule has 1 aliphatic rings. The third-order valence-electron chi connectivity index (χ3n) is 4.51. The Morgan fingerprint density at radius 2 is 2.29 bits per heavy atom. The molecule has 2 aromatic rings. The van der Waals surface area contributed by atoms with Gasteiger partial charge in [-0.15, -0.1) is 24.0 Å². The third kappa shape index (κ3) is 4.69. The van der Waals surface area contributed by atoms with Crippen LogP contribution in [0, 0.1) is 0 Å². The molecule has 3 rings (SSSR count). The molecule has 1 saturated heterocycles. The first-order valence-corrected chi connectivity index (χ1v) is 9.05. The maximum atomic E-state index is 4.45. The van der Waals surface area contributed by atoms with E-state index in [1.807, 2.05) is 7.05 Å². The molecule has 1 atom stereocenters. The van der Waals surface area contributed by atoms with Gasteiger partial charge in [-0.3, -0.25) is 10.1 Å². The van der Waals surface area contributed by atoms with E-state index in [1.54, 1.807) is 17.7 Å². The lowest BCUT2D eigenvalue weighted by Gasteiger charge is -2.33. The predicted molar refractivity (Wildman–Crippen MR) is 109 cm³/mol. The van der Waals surface area contributed by atoms with E-state index in [0.29, 0.717) is 11.8 Å². The van der Waals surface area contributed by atoms with E-state index in [9.17, 15) is 0 Å². The highest BCUT2D eigenvalue weighted by molar-refractivity contribution is 14.0. The first-order chi connectivity index (χ1) is 11.3. The van der Waals surface area contributed by atoms with Gasteiger partial charge in [0, 0.05) is 32.6 Å². The fourth-order valence-corrected chi connectivity index (χ4v) is 3.81. The largest absolute Gasteiger partial charge is 0.356 e. The van der Waals surface area contributed by atoms with Gasteiger partial charge in [-0.05, 0) is 41.1 Å². The third-order valence-corrected chi connectivity index (χ3v) is 5.21. The average Bonchev–Trinajstić information content (AvgIpc) is 3.29. The van der Waals surface area contributed by atoms with Crippen molar-refractivity contribution in [2.45, 2.75) is 31.6 Å². The summed E-state index contributed by atoms with van der Waals surface area (Å²) in [6, 6.07) is 2.20. The van der Waals surface area contributed by atoms with Gasteiger partial charge in [0.2, 0.25) is 0 Å². The lowest BCUT2D eigenvalue weighted by molar-refractivity contribution is 0.298. The van der Waals surface area contributed by atoms with Crippen LogP contribution in [-0.4, -0.2) is 52.7 Å². The van der Waals surface area contributed by atoms with E-state index >= 15 is 0 Å². The van der Waals surface area contributed by atoms with Crippen LogP contribution in [-0.2, 0) is 0 Å². The van der Waals surface area contributed by atoms with E-state index in [2.05, 4.69) is 54.1 Å². The normalized spacial score (nSPS) is 17.4. The first kappa shape index (κ1) is 19.2. The SMILES string of the molecule is CN=C(NCC(C)c1ccsc1)N1CCC(c2ncn[nH]2)CC1.I. The van der Waals surface area contributed by atoms with Gasteiger partial charge in [0.05, 0.1) is 0 Å². The maximum absolute atomic E-state index is 4.45. The van der Waals surface area contributed by atoms with Crippen LogP contribution in [0.4, 0.5) is 0 Å². The smallest absolute Gasteiger partial charge is 0.193 e. The number of guanidine groups is 1. The zero-order chi connectivity index (χ0) is 16.1. The molecule has 6 nitrogen and oxygen atoms in total. The summed E-state index contributed by atoms with van der Waals surface area (Å²) >= 11 is 1.75. The van der Waals surface area contributed by atoms with Gasteiger partial charge in [-0.25, -0.2) is 4.98 Å². The molecule has 2 aromatic heterocycles. The van der Waals surface area contributed by atoms with Gasteiger partial charge in [0.25, 0.3) is 0 Å². The Morgan fingerprint density at radius 3 is 2.88 bits per heavy atom. The van der Waals surface area contributed by atoms with E-state index in [0.717, 1.165) is 44.3 Å². The number of aromatic amines is 1. The first-order valence-electron chi connectivity index (χ1n) is 8.11. The second-order valence-corrected chi connectivity index (χ2v) is 6.80. The van der Waals surface area contributed by atoms with Crippen LogP contribution < -0.4 is 5.32 Å². The highest BCUT2D eigenvalue weighted by Crippen LogP contribution is 2.25. The molecule has 8 heteroatoms. The van der Waals surface area contributed by atoms with Crippen molar-refractivity contribution < 1.29 is 0 Å². The fourth-order valence-electron chi connectivity index (χ4n) is 3.03. The molecule has 3 heterocycles. The Bertz CT molecular complexity index is 605. The van der Waals surface area contributed by atoms with Crippen LogP contribution in [0.3, 0.4) is 0 Å². The summed E-state index contributed by atoms with van der Waals surface area (Å²) in [6.45, 7) is 5.15. The topological polar surface area (TPSA) is 69.2 Å². The van der Waals surface area contributed by atoms with Crippen molar-refractivity contribution >= 4 is 41.3 Å².